The van der Waals surface area contributed by atoms with Gasteiger partial charge in [-0.1, -0.05) is 12.1 Å². The van der Waals surface area contributed by atoms with E-state index in [1.165, 1.54) is 0 Å². The molecule has 0 aliphatic heterocycles. The van der Waals surface area contributed by atoms with E-state index in [0.29, 0.717) is 13.1 Å². The fraction of sp³-hybridized carbons (Fsp3) is 0.562. The van der Waals surface area contributed by atoms with Gasteiger partial charge in [-0.3, -0.25) is 0 Å². The molecule has 0 bridgehead atoms. The molecule has 0 spiro atoms. The molecule has 1 aromatic rings. The minimum Gasteiger partial charge on any atom is -0.496 e. The minimum absolute atomic E-state index is 0.0273. The number of rotatable bonds is 6. The Labute approximate surface area is 126 Å². The Hall–Kier alpha value is -1.75. The minimum atomic E-state index is -0.549. The Bertz CT molecular complexity index is 473. The van der Waals surface area contributed by atoms with Gasteiger partial charge in [0.25, 0.3) is 0 Å². The van der Waals surface area contributed by atoms with E-state index >= 15 is 0 Å². The van der Waals surface area contributed by atoms with Crippen LogP contribution in [0.15, 0.2) is 18.2 Å². The zero-order valence-electron chi connectivity index (χ0n) is 13.5. The maximum absolute atomic E-state index is 12.2. The Morgan fingerprint density at radius 1 is 1.38 bits per heavy atom. The van der Waals surface area contributed by atoms with Crippen molar-refractivity contribution in [3.63, 3.8) is 0 Å². The van der Waals surface area contributed by atoms with Gasteiger partial charge in [0.05, 0.1) is 13.2 Å². The molecule has 1 rings (SSSR count). The van der Waals surface area contributed by atoms with Crippen molar-refractivity contribution in [1.29, 1.82) is 0 Å². The maximum atomic E-state index is 12.2. The number of methoxy groups -OCH3 is 1. The fourth-order valence-electron chi connectivity index (χ4n) is 2.08. The fourth-order valence-corrected chi connectivity index (χ4v) is 2.08. The second-order valence-corrected chi connectivity index (χ2v) is 5.57. The maximum Gasteiger partial charge on any atom is 0.317 e. The predicted molar refractivity (Wildman–Crippen MR) is 83.5 cm³/mol. The van der Waals surface area contributed by atoms with Crippen molar-refractivity contribution in [1.82, 2.24) is 10.2 Å². The number of amides is 2. The van der Waals surface area contributed by atoms with Gasteiger partial charge in [-0.15, -0.1) is 0 Å². The molecule has 0 saturated heterocycles. The zero-order chi connectivity index (χ0) is 16.0. The first-order valence-electron chi connectivity index (χ1n) is 7.21. The Balaban J connectivity index is 2.71. The van der Waals surface area contributed by atoms with Gasteiger partial charge in [0.1, 0.15) is 5.75 Å². The summed E-state index contributed by atoms with van der Waals surface area (Å²) < 4.78 is 5.33. The van der Waals surface area contributed by atoms with Crippen molar-refractivity contribution in [3.05, 3.63) is 29.3 Å². The standard InChI is InChI=1S/C16H26N2O3/c1-11(2)18(10-13(4)19)16(20)17-9-14-7-6-12(3)8-15(14)21-5/h6-8,11,13,19H,9-10H2,1-5H3,(H,17,20). The van der Waals surface area contributed by atoms with Crippen molar-refractivity contribution < 1.29 is 14.6 Å². The molecule has 0 saturated carbocycles. The number of nitrogens with zero attached hydrogens (tertiary/aromatic N) is 1. The molecule has 118 valence electrons. The highest BCUT2D eigenvalue weighted by Crippen LogP contribution is 2.19. The van der Waals surface area contributed by atoms with Crippen molar-refractivity contribution in [3.8, 4) is 5.75 Å². The predicted octanol–water partition coefficient (Wildman–Crippen LogP) is 2.30. The molecule has 0 fully saturated rings. The van der Waals surface area contributed by atoms with Crippen LogP contribution in [0.5, 0.6) is 5.75 Å². The molecule has 0 aliphatic rings. The second kappa shape index (κ2) is 7.88. The number of carbonyl (C=O) groups is 1. The summed E-state index contributed by atoms with van der Waals surface area (Å²) in [6.45, 7) is 8.22. The summed E-state index contributed by atoms with van der Waals surface area (Å²) in [4.78, 5) is 13.8. The number of aliphatic hydroxyl groups excluding tert-OH is 1. The molecule has 2 N–H and O–H groups in total. The average Bonchev–Trinajstić information content (AvgIpc) is 2.42. The van der Waals surface area contributed by atoms with Crippen molar-refractivity contribution in [2.45, 2.75) is 46.4 Å². The second-order valence-electron chi connectivity index (χ2n) is 5.57. The molecule has 5 nitrogen and oxygen atoms in total. The Morgan fingerprint density at radius 3 is 2.57 bits per heavy atom. The van der Waals surface area contributed by atoms with Gasteiger partial charge in [-0.25, -0.2) is 4.79 Å². The molecule has 0 aromatic heterocycles. The smallest absolute Gasteiger partial charge is 0.317 e. The third kappa shape index (κ3) is 5.27. The number of ether oxygens (including phenoxy) is 1. The largest absolute Gasteiger partial charge is 0.496 e. The first kappa shape index (κ1) is 17.3. The molecular formula is C16H26N2O3. The van der Waals surface area contributed by atoms with Crippen LogP contribution in [-0.2, 0) is 6.54 Å². The summed E-state index contributed by atoms with van der Waals surface area (Å²) in [5, 5.41) is 12.4. The van der Waals surface area contributed by atoms with E-state index in [2.05, 4.69) is 5.32 Å². The van der Waals surface area contributed by atoms with E-state index in [9.17, 15) is 9.90 Å². The van der Waals surface area contributed by atoms with Crippen molar-refractivity contribution in [2.75, 3.05) is 13.7 Å². The summed E-state index contributed by atoms with van der Waals surface area (Å²) in [5.41, 5.74) is 2.04. The number of urea groups is 1. The Morgan fingerprint density at radius 2 is 2.05 bits per heavy atom. The lowest BCUT2D eigenvalue weighted by Gasteiger charge is -2.28. The summed E-state index contributed by atoms with van der Waals surface area (Å²) in [6, 6.07) is 5.72. The van der Waals surface area contributed by atoms with Gasteiger partial charge in [0.15, 0.2) is 0 Å². The SMILES string of the molecule is COc1cc(C)ccc1CNC(=O)N(CC(C)O)C(C)C. The number of aryl methyl sites for hydroxylation is 1. The molecule has 0 radical (unpaired) electrons. The van der Waals surface area contributed by atoms with Gasteiger partial charge in [0, 0.05) is 24.7 Å². The van der Waals surface area contributed by atoms with Crippen LogP contribution >= 0.6 is 0 Å². The number of nitrogens with one attached hydrogen (secondary N) is 1. The van der Waals surface area contributed by atoms with Crippen molar-refractivity contribution >= 4 is 6.03 Å². The third-order valence-corrected chi connectivity index (χ3v) is 3.22. The van der Waals surface area contributed by atoms with Crippen LogP contribution in [0.2, 0.25) is 0 Å². The van der Waals surface area contributed by atoms with Crippen LogP contribution < -0.4 is 10.1 Å². The molecule has 1 atom stereocenters. The average molecular weight is 294 g/mol. The molecule has 2 amide bonds. The lowest BCUT2D eigenvalue weighted by Crippen LogP contribution is -2.46. The summed E-state index contributed by atoms with van der Waals surface area (Å²) in [7, 11) is 1.62. The van der Waals surface area contributed by atoms with E-state index < -0.39 is 6.10 Å². The molecule has 5 heteroatoms. The Kier molecular flexibility index (Phi) is 6.49. The third-order valence-electron chi connectivity index (χ3n) is 3.22. The summed E-state index contributed by atoms with van der Waals surface area (Å²) >= 11 is 0. The number of hydrogen-bond donors (Lipinski definition) is 2. The summed E-state index contributed by atoms with van der Waals surface area (Å²) in [6.07, 6.45) is -0.549. The van der Waals surface area contributed by atoms with E-state index in [-0.39, 0.29) is 12.1 Å². The van der Waals surface area contributed by atoms with E-state index in [1.54, 1.807) is 18.9 Å². The normalized spacial score (nSPS) is 12.1. The van der Waals surface area contributed by atoms with Crippen LogP contribution in [0.25, 0.3) is 0 Å². The molecule has 21 heavy (non-hydrogen) atoms. The molecule has 1 unspecified atom stereocenters. The first-order chi connectivity index (χ1) is 9.85. The number of aliphatic hydroxyl groups is 1. The number of benzene rings is 1. The van der Waals surface area contributed by atoms with E-state index in [1.807, 2.05) is 39.0 Å². The number of hydrogen-bond acceptors (Lipinski definition) is 3. The van der Waals surface area contributed by atoms with E-state index in [4.69, 9.17) is 4.74 Å². The van der Waals surface area contributed by atoms with Gasteiger partial charge in [-0.05, 0) is 39.3 Å². The highest BCUT2D eigenvalue weighted by molar-refractivity contribution is 5.74. The van der Waals surface area contributed by atoms with Crippen LogP contribution in [0.1, 0.15) is 31.9 Å². The quantitative estimate of drug-likeness (QED) is 0.846. The van der Waals surface area contributed by atoms with Gasteiger partial charge >= 0.3 is 6.03 Å². The van der Waals surface area contributed by atoms with Crippen LogP contribution in [0.4, 0.5) is 4.79 Å². The van der Waals surface area contributed by atoms with Crippen LogP contribution in [-0.4, -0.2) is 41.8 Å². The molecule has 1 aromatic carbocycles. The topological polar surface area (TPSA) is 61.8 Å². The summed E-state index contributed by atoms with van der Waals surface area (Å²) in [5.74, 6) is 0.766. The van der Waals surface area contributed by atoms with Gasteiger partial charge in [-0.2, -0.15) is 0 Å². The molecule has 0 aliphatic carbocycles. The zero-order valence-corrected chi connectivity index (χ0v) is 13.5. The van der Waals surface area contributed by atoms with Gasteiger partial charge in [0.2, 0.25) is 0 Å². The van der Waals surface area contributed by atoms with E-state index in [0.717, 1.165) is 16.9 Å². The highest BCUT2D eigenvalue weighted by Gasteiger charge is 2.18. The van der Waals surface area contributed by atoms with Gasteiger partial charge < -0.3 is 20.1 Å². The van der Waals surface area contributed by atoms with Crippen LogP contribution in [0.3, 0.4) is 0 Å². The molecular weight excluding hydrogens is 268 g/mol. The highest BCUT2D eigenvalue weighted by atomic mass is 16.5. The first-order valence-corrected chi connectivity index (χ1v) is 7.21. The lowest BCUT2D eigenvalue weighted by atomic mass is 10.1. The number of carbonyl (C=O) groups excluding carboxylic acids is 1. The van der Waals surface area contributed by atoms with Crippen molar-refractivity contribution in [2.24, 2.45) is 0 Å². The van der Waals surface area contributed by atoms with Crippen LogP contribution in [0, 0.1) is 6.92 Å². The lowest BCUT2D eigenvalue weighted by molar-refractivity contribution is 0.118. The monoisotopic (exact) mass is 294 g/mol. The molecule has 0 heterocycles.